The van der Waals surface area contributed by atoms with Gasteiger partial charge in [-0.2, -0.15) is 0 Å². The molecule has 156 valence electrons. The smallest absolute Gasteiger partial charge is 0.191 e. The highest BCUT2D eigenvalue weighted by Gasteiger charge is 2.36. The fraction of sp³-hybridized carbons (Fsp3) is 0.720. The molecule has 0 aliphatic heterocycles. The number of hydrogen-bond acceptors (Lipinski definition) is 1. The second-order valence-electron chi connectivity index (χ2n) is 8.97. The summed E-state index contributed by atoms with van der Waals surface area (Å²) in [6.45, 7) is 14.5. The lowest BCUT2D eigenvalue weighted by atomic mass is 10.1. The summed E-state index contributed by atoms with van der Waals surface area (Å²) in [5, 5.41) is 0.291. The van der Waals surface area contributed by atoms with Crippen LogP contribution >= 0.6 is 0 Å². The van der Waals surface area contributed by atoms with E-state index in [1.54, 1.807) is 0 Å². The predicted octanol–water partition coefficient (Wildman–Crippen LogP) is 8.75. The molecule has 0 fully saturated rings. The van der Waals surface area contributed by atoms with Gasteiger partial charge in [-0.1, -0.05) is 90.5 Å². The van der Waals surface area contributed by atoms with Crippen molar-refractivity contribution in [2.45, 2.75) is 110 Å². The van der Waals surface area contributed by atoms with Crippen molar-refractivity contribution in [1.82, 2.24) is 0 Å². The summed E-state index contributed by atoms with van der Waals surface area (Å²) in [4.78, 5) is 0. The monoisotopic (exact) mass is 390 g/mol. The highest BCUT2D eigenvalue weighted by atomic mass is 28.4. The molecule has 0 aliphatic carbocycles. The Balaban J connectivity index is 3.65. The van der Waals surface area contributed by atoms with Crippen LogP contribution in [0, 0.1) is 0 Å². The van der Waals surface area contributed by atoms with Crippen molar-refractivity contribution in [3.8, 4) is 0 Å². The molecule has 0 heterocycles. The van der Waals surface area contributed by atoms with Crippen molar-refractivity contribution in [3.63, 3.8) is 0 Å². The number of unbranched alkanes of at least 4 members (excludes halogenated alkanes) is 7. The largest absolute Gasteiger partial charge is 0.416 e. The van der Waals surface area contributed by atoms with Crippen molar-refractivity contribution < 1.29 is 4.43 Å². The molecule has 0 saturated heterocycles. The molecule has 0 N–H and O–H groups in total. The maximum atomic E-state index is 6.15. The maximum absolute atomic E-state index is 6.15. The molecule has 0 aromatic rings. The van der Waals surface area contributed by atoms with Crippen molar-refractivity contribution in [3.05, 3.63) is 42.2 Å². The van der Waals surface area contributed by atoms with E-state index in [1.807, 2.05) is 0 Å². The van der Waals surface area contributed by atoms with Gasteiger partial charge in [0.25, 0.3) is 0 Å². The summed E-state index contributed by atoms with van der Waals surface area (Å²) in [6, 6.07) is 0. The third kappa shape index (κ3) is 15.9. The van der Waals surface area contributed by atoms with Crippen molar-refractivity contribution in [2.24, 2.45) is 0 Å². The first kappa shape index (κ1) is 26.2. The van der Waals surface area contributed by atoms with Gasteiger partial charge in [-0.15, -0.1) is 5.73 Å². The third-order valence-electron chi connectivity index (χ3n) is 5.38. The summed E-state index contributed by atoms with van der Waals surface area (Å²) in [5.74, 6) is 0. The number of rotatable bonds is 15. The third-order valence-corrected chi connectivity index (χ3v) is 9.92. The lowest BCUT2D eigenvalue weighted by molar-refractivity contribution is 0.294. The van der Waals surface area contributed by atoms with Crippen LogP contribution in [0.4, 0.5) is 0 Å². The van der Waals surface area contributed by atoms with Gasteiger partial charge < -0.3 is 4.43 Å². The molecule has 0 bridgehead atoms. The first-order valence-electron chi connectivity index (χ1n) is 11.2. The Morgan fingerprint density at radius 1 is 0.815 bits per heavy atom. The van der Waals surface area contributed by atoms with Gasteiger partial charge in [0.05, 0.1) is 0 Å². The second-order valence-corrected chi connectivity index (χ2v) is 13.8. The Kier molecular flexibility index (Phi) is 15.7. The van der Waals surface area contributed by atoms with Crippen LogP contribution in [0.25, 0.3) is 0 Å². The molecular weight excluding hydrogens is 344 g/mol. The standard InChI is InChI=1S/C25H46OSi/c1-7-8-9-10-11-12-13-14-15-16-17-18-19-20-21-22-23-24-26-27(5,6)25(2,3)4/h15-18,20,22H,7-14,19,23-24H2,1-6H3/b16-15+,18-17-. The minimum atomic E-state index is -1.59. The van der Waals surface area contributed by atoms with E-state index in [2.05, 4.69) is 83.0 Å². The van der Waals surface area contributed by atoms with E-state index in [9.17, 15) is 0 Å². The zero-order valence-corrected chi connectivity index (χ0v) is 20.2. The molecule has 0 atom stereocenters. The van der Waals surface area contributed by atoms with Gasteiger partial charge in [0.2, 0.25) is 0 Å². The van der Waals surface area contributed by atoms with Crippen molar-refractivity contribution in [2.75, 3.05) is 6.61 Å². The van der Waals surface area contributed by atoms with E-state index in [1.165, 1.54) is 51.4 Å². The fourth-order valence-electron chi connectivity index (χ4n) is 2.44. The zero-order chi connectivity index (χ0) is 20.4. The van der Waals surface area contributed by atoms with Gasteiger partial charge >= 0.3 is 0 Å². The second kappa shape index (κ2) is 16.2. The number of allylic oxidation sites excluding steroid dienone is 4. The summed E-state index contributed by atoms with van der Waals surface area (Å²) < 4.78 is 6.15. The number of hydrogen-bond donors (Lipinski definition) is 0. The van der Waals surface area contributed by atoms with Gasteiger partial charge in [0, 0.05) is 6.61 Å². The summed E-state index contributed by atoms with van der Waals surface area (Å²) in [6.07, 6.45) is 25.8. The molecule has 2 heteroatoms. The van der Waals surface area contributed by atoms with Crippen LogP contribution in [0.3, 0.4) is 0 Å². The molecular formula is C25H46OSi. The fourth-order valence-corrected chi connectivity index (χ4v) is 3.50. The van der Waals surface area contributed by atoms with Gasteiger partial charge in [-0.05, 0) is 56.0 Å². The molecule has 0 amide bonds. The average Bonchev–Trinajstić information content (AvgIpc) is 2.59. The predicted molar refractivity (Wildman–Crippen MR) is 126 cm³/mol. The van der Waals surface area contributed by atoms with E-state index < -0.39 is 8.32 Å². The quantitative estimate of drug-likeness (QED) is 0.117. The van der Waals surface area contributed by atoms with Crippen LogP contribution in [0.5, 0.6) is 0 Å². The van der Waals surface area contributed by atoms with E-state index in [0.717, 1.165) is 19.4 Å². The summed E-state index contributed by atoms with van der Waals surface area (Å²) in [7, 11) is -1.59. The topological polar surface area (TPSA) is 9.23 Å². The van der Waals surface area contributed by atoms with E-state index >= 15 is 0 Å². The van der Waals surface area contributed by atoms with Crippen LogP contribution in [0.15, 0.2) is 42.2 Å². The molecule has 0 aliphatic rings. The van der Waals surface area contributed by atoms with Crippen LogP contribution in [-0.2, 0) is 4.43 Å². The highest BCUT2D eigenvalue weighted by Crippen LogP contribution is 2.36. The van der Waals surface area contributed by atoms with Crippen LogP contribution in [-0.4, -0.2) is 14.9 Å². The minimum absolute atomic E-state index is 0.291. The summed E-state index contributed by atoms with van der Waals surface area (Å²) in [5.41, 5.74) is 3.26. The molecule has 27 heavy (non-hydrogen) atoms. The Hall–Kier alpha value is -0.823. The van der Waals surface area contributed by atoms with E-state index in [-0.39, 0.29) is 0 Å². The first-order chi connectivity index (χ1) is 12.8. The van der Waals surface area contributed by atoms with Crippen molar-refractivity contribution in [1.29, 1.82) is 0 Å². The van der Waals surface area contributed by atoms with E-state index in [4.69, 9.17) is 4.43 Å². The Morgan fingerprint density at radius 3 is 2.11 bits per heavy atom. The molecule has 0 aromatic heterocycles. The van der Waals surface area contributed by atoms with Gasteiger partial charge in [-0.25, -0.2) is 0 Å². The van der Waals surface area contributed by atoms with Crippen LogP contribution < -0.4 is 0 Å². The Morgan fingerprint density at radius 2 is 1.44 bits per heavy atom. The average molecular weight is 391 g/mol. The lowest BCUT2D eigenvalue weighted by Gasteiger charge is -2.36. The molecule has 0 rings (SSSR count). The Labute approximate surface area is 171 Å². The molecule has 0 saturated carbocycles. The van der Waals surface area contributed by atoms with Gasteiger partial charge in [-0.3, -0.25) is 0 Å². The van der Waals surface area contributed by atoms with E-state index in [0.29, 0.717) is 5.04 Å². The lowest BCUT2D eigenvalue weighted by Crippen LogP contribution is -2.40. The molecule has 1 nitrogen and oxygen atoms in total. The SMILES string of the molecule is CCCCCCCCC/C=C/C=C\CC=C=CCCO[Si](C)(C)C(C)(C)C. The molecule has 0 radical (unpaired) electrons. The molecule has 0 aromatic carbocycles. The first-order valence-corrected chi connectivity index (χ1v) is 14.1. The van der Waals surface area contributed by atoms with Crippen LogP contribution in [0.1, 0.15) is 91.9 Å². The van der Waals surface area contributed by atoms with Crippen molar-refractivity contribution >= 4 is 8.32 Å². The zero-order valence-electron chi connectivity index (χ0n) is 19.2. The summed E-state index contributed by atoms with van der Waals surface area (Å²) >= 11 is 0. The Bertz CT molecular complexity index is 459. The maximum Gasteiger partial charge on any atom is 0.191 e. The van der Waals surface area contributed by atoms with Gasteiger partial charge in [0.15, 0.2) is 8.32 Å². The molecule has 0 spiro atoms. The highest BCUT2D eigenvalue weighted by molar-refractivity contribution is 6.74. The van der Waals surface area contributed by atoms with Crippen LogP contribution in [0.2, 0.25) is 18.1 Å². The molecule has 0 unspecified atom stereocenters. The minimum Gasteiger partial charge on any atom is -0.416 e. The normalized spacial score (nSPS) is 12.7. The van der Waals surface area contributed by atoms with Gasteiger partial charge in [0.1, 0.15) is 0 Å².